The molecule has 1 unspecified atom stereocenters. The molecule has 0 spiro atoms. The van der Waals surface area contributed by atoms with Crippen molar-refractivity contribution in [2.24, 2.45) is 0 Å². The lowest BCUT2D eigenvalue weighted by molar-refractivity contribution is -0.145. The van der Waals surface area contributed by atoms with E-state index in [2.05, 4.69) is 0 Å². The molecule has 0 saturated heterocycles. The van der Waals surface area contributed by atoms with Crippen LogP contribution in [0.3, 0.4) is 0 Å². The fourth-order valence-electron chi connectivity index (χ4n) is 1.92. The van der Waals surface area contributed by atoms with Gasteiger partial charge in [0, 0.05) is 5.56 Å². The lowest BCUT2D eigenvalue weighted by Crippen LogP contribution is -2.18. The molecule has 0 radical (unpaired) electrons. The average molecular weight is 304 g/mol. The molecule has 0 fully saturated rings. The first-order valence-corrected chi connectivity index (χ1v) is 6.70. The minimum atomic E-state index is -1.11. The maximum Gasteiger partial charge on any atom is 0.349 e. The first-order chi connectivity index (χ1) is 11.1. The van der Waals surface area contributed by atoms with Crippen LogP contribution in [0.5, 0.6) is 5.75 Å². The van der Waals surface area contributed by atoms with E-state index in [0.29, 0.717) is 16.9 Å². The smallest absolute Gasteiger partial charge is 0.349 e. The number of nitrogens with zero attached hydrogens (tertiary/aromatic N) is 2. The Morgan fingerprint density at radius 1 is 1.04 bits per heavy atom. The van der Waals surface area contributed by atoms with Crippen molar-refractivity contribution < 1.29 is 14.6 Å². The summed E-state index contributed by atoms with van der Waals surface area (Å²) in [6, 6.07) is 18.7. The van der Waals surface area contributed by atoms with E-state index in [1.165, 1.54) is 6.08 Å². The summed E-state index contributed by atoms with van der Waals surface area (Å²) in [5.74, 6) is -0.703. The van der Waals surface area contributed by atoms with Crippen LogP contribution in [0, 0.1) is 22.7 Å². The molecule has 0 aliphatic heterocycles. The monoisotopic (exact) mass is 304 g/mol. The van der Waals surface area contributed by atoms with Gasteiger partial charge in [0.15, 0.2) is 0 Å². The van der Waals surface area contributed by atoms with E-state index in [-0.39, 0.29) is 5.57 Å². The Morgan fingerprint density at radius 2 is 1.65 bits per heavy atom. The zero-order valence-corrected chi connectivity index (χ0v) is 12.0. The van der Waals surface area contributed by atoms with E-state index in [1.807, 2.05) is 0 Å². The zero-order chi connectivity index (χ0) is 16.7. The highest BCUT2D eigenvalue weighted by Crippen LogP contribution is 2.23. The van der Waals surface area contributed by atoms with Gasteiger partial charge in [0.2, 0.25) is 6.10 Å². The molecule has 1 atom stereocenters. The average Bonchev–Trinajstić information content (AvgIpc) is 2.59. The zero-order valence-electron chi connectivity index (χ0n) is 12.0. The van der Waals surface area contributed by atoms with E-state index in [0.717, 1.165) is 0 Å². The maximum atomic E-state index is 11.4. The van der Waals surface area contributed by atoms with Crippen LogP contribution in [0.25, 0.3) is 6.08 Å². The second kappa shape index (κ2) is 7.44. The minimum Gasteiger partial charge on any atom is -0.478 e. The molecule has 5 heteroatoms. The molecule has 0 heterocycles. The van der Waals surface area contributed by atoms with Gasteiger partial charge < -0.3 is 9.84 Å². The summed E-state index contributed by atoms with van der Waals surface area (Å²) in [6.45, 7) is 0. The van der Waals surface area contributed by atoms with Gasteiger partial charge in [-0.05, 0) is 23.8 Å². The molecule has 1 N–H and O–H groups in total. The molecular formula is C18H12N2O3. The van der Waals surface area contributed by atoms with Crippen molar-refractivity contribution >= 4 is 12.0 Å². The van der Waals surface area contributed by atoms with Crippen LogP contribution in [0.2, 0.25) is 0 Å². The minimum absolute atomic E-state index is 0.00799. The topological polar surface area (TPSA) is 94.1 Å². The molecule has 0 saturated carbocycles. The van der Waals surface area contributed by atoms with Gasteiger partial charge in [-0.2, -0.15) is 10.5 Å². The molecule has 0 aromatic heterocycles. The number of nitriles is 2. The first kappa shape index (κ1) is 15.8. The number of ether oxygens (including phenoxy) is 1. The lowest BCUT2D eigenvalue weighted by atomic mass is 10.1. The third-order valence-corrected chi connectivity index (χ3v) is 3.01. The van der Waals surface area contributed by atoms with E-state index < -0.39 is 12.1 Å². The molecule has 0 amide bonds. The Hall–Kier alpha value is -3.57. The van der Waals surface area contributed by atoms with Crippen LogP contribution in [0.15, 0.2) is 60.2 Å². The van der Waals surface area contributed by atoms with Crippen LogP contribution in [0.4, 0.5) is 0 Å². The Kier molecular flexibility index (Phi) is 5.12. The normalized spacial score (nSPS) is 10.7. The van der Waals surface area contributed by atoms with Gasteiger partial charge in [-0.1, -0.05) is 42.5 Å². The molecular weight excluding hydrogens is 292 g/mol. The van der Waals surface area contributed by atoms with Crippen LogP contribution in [-0.2, 0) is 4.79 Å². The van der Waals surface area contributed by atoms with Crippen LogP contribution >= 0.6 is 0 Å². The number of aliphatic carboxylic acids is 1. The summed E-state index contributed by atoms with van der Waals surface area (Å²) in [6.07, 6.45) is 0.335. The molecule has 2 aromatic rings. The standard InChI is InChI=1S/C18H12N2O3/c19-11-14(12-20)10-13-6-8-16(9-7-13)23-17(18(21)22)15-4-2-1-3-5-15/h1-10,17H,(H,21,22). The van der Waals surface area contributed by atoms with Gasteiger partial charge in [-0.15, -0.1) is 0 Å². The second-order valence-corrected chi connectivity index (χ2v) is 4.60. The summed E-state index contributed by atoms with van der Waals surface area (Å²) in [4.78, 5) is 11.4. The SMILES string of the molecule is N#CC(C#N)=Cc1ccc(OC(C(=O)O)c2ccccc2)cc1. The van der Waals surface area contributed by atoms with Crippen molar-refractivity contribution in [3.8, 4) is 17.9 Å². The van der Waals surface area contributed by atoms with Crippen molar-refractivity contribution in [2.75, 3.05) is 0 Å². The highest BCUT2D eigenvalue weighted by atomic mass is 16.5. The van der Waals surface area contributed by atoms with Crippen molar-refractivity contribution in [3.05, 3.63) is 71.3 Å². The number of carbonyl (C=O) groups is 1. The Balaban J connectivity index is 2.20. The fraction of sp³-hybridized carbons (Fsp3) is 0.0556. The van der Waals surface area contributed by atoms with E-state index in [1.54, 1.807) is 66.7 Å². The molecule has 5 nitrogen and oxygen atoms in total. The maximum absolute atomic E-state index is 11.4. The van der Waals surface area contributed by atoms with Gasteiger partial charge in [0.1, 0.15) is 23.5 Å². The molecule has 0 bridgehead atoms. The number of hydrogen-bond acceptors (Lipinski definition) is 4. The first-order valence-electron chi connectivity index (χ1n) is 6.70. The quantitative estimate of drug-likeness (QED) is 0.855. The molecule has 0 aliphatic rings. The molecule has 112 valence electrons. The summed E-state index contributed by atoms with van der Waals surface area (Å²) in [5.41, 5.74) is 1.19. The van der Waals surface area contributed by atoms with Gasteiger partial charge in [-0.3, -0.25) is 0 Å². The van der Waals surface area contributed by atoms with E-state index in [4.69, 9.17) is 15.3 Å². The van der Waals surface area contributed by atoms with Crippen molar-refractivity contribution in [2.45, 2.75) is 6.10 Å². The van der Waals surface area contributed by atoms with Crippen LogP contribution < -0.4 is 4.74 Å². The Morgan fingerprint density at radius 3 is 2.17 bits per heavy atom. The van der Waals surface area contributed by atoms with Gasteiger partial charge in [-0.25, -0.2) is 4.79 Å². The molecule has 0 aliphatic carbocycles. The number of allylic oxidation sites excluding steroid dienone is 1. The second-order valence-electron chi connectivity index (χ2n) is 4.60. The summed E-state index contributed by atoms with van der Waals surface area (Å²) >= 11 is 0. The van der Waals surface area contributed by atoms with Crippen LogP contribution in [-0.4, -0.2) is 11.1 Å². The van der Waals surface area contributed by atoms with Gasteiger partial charge in [0.05, 0.1) is 0 Å². The fourth-order valence-corrected chi connectivity index (χ4v) is 1.92. The highest BCUT2D eigenvalue weighted by molar-refractivity contribution is 5.74. The van der Waals surface area contributed by atoms with Crippen molar-refractivity contribution in [3.63, 3.8) is 0 Å². The van der Waals surface area contributed by atoms with Gasteiger partial charge >= 0.3 is 5.97 Å². The largest absolute Gasteiger partial charge is 0.478 e. The number of benzene rings is 2. The Bertz CT molecular complexity index is 781. The highest BCUT2D eigenvalue weighted by Gasteiger charge is 2.21. The molecule has 2 aromatic carbocycles. The van der Waals surface area contributed by atoms with Gasteiger partial charge in [0.25, 0.3) is 0 Å². The van der Waals surface area contributed by atoms with Crippen molar-refractivity contribution in [1.82, 2.24) is 0 Å². The number of hydrogen-bond donors (Lipinski definition) is 1. The Labute approximate surface area is 133 Å². The van der Waals surface area contributed by atoms with Crippen molar-refractivity contribution in [1.29, 1.82) is 10.5 Å². The molecule has 23 heavy (non-hydrogen) atoms. The number of carboxylic acid groups (broad SMARTS) is 1. The third kappa shape index (κ3) is 4.20. The predicted octanol–water partition coefficient (Wildman–Crippen LogP) is 3.32. The summed E-state index contributed by atoms with van der Waals surface area (Å²) in [7, 11) is 0. The number of rotatable bonds is 5. The molecule has 2 rings (SSSR count). The number of carboxylic acids is 1. The summed E-state index contributed by atoms with van der Waals surface area (Å²) in [5, 5.41) is 26.8. The summed E-state index contributed by atoms with van der Waals surface area (Å²) < 4.78 is 5.52. The predicted molar refractivity (Wildman–Crippen MR) is 83.1 cm³/mol. The van der Waals surface area contributed by atoms with E-state index >= 15 is 0 Å². The third-order valence-electron chi connectivity index (χ3n) is 3.01. The van der Waals surface area contributed by atoms with Crippen LogP contribution in [0.1, 0.15) is 17.2 Å². The lowest BCUT2D eigenvalue weighted by Gasteiger charge is -2.15. The van der Waals surface area contributed by atoms with E-state index in [9.17, 15) is 9.90 Å².